The van der Waals surface area contributed by atoms with Crippen LogP contribution in [0.2, 0.25) is 5.02 Å². The first-order chi connectivity index (χ1) is 9.02. The van der Waals surface area contributed by atoms with Crippen molar-refractivity contribution >= 4 is 17.6 Å². The Balaban J connectivity index is 2.50. The molecule has 0 aliphatic heterocycles. The number of rotatable bonds is 4. The monoisotopic (exact) mass is 285 g/mol. The van der Waals surface area contributed by atoms with Gasteiger partial charge in [0, 0.05) is 13.2 Å². The molecule has 0 bridgehead atoms. The van der Waals surface area contributed by atoms with Crippen molar-refractivity contribution in [2.75, 3.05) is 7.11 Å². The molecule has 0 amide bonds. The van der Waals surface area contributed by atoms with Gasteiger partial charge in [0.15, 0.2) is 17.3 Å². The third-order valence-corrected chi connectivity index (χ3v) is 2.67. The van der Waals surface area contributed by atoms with Crippen molar-refractivity contribution in [3.63, 3.8) is 0 Å². The van der Waals surface area contributed by atoms with Gasteiger partial charge in [-0.15, -0.1) is 0 Å². The molecule has 0 radical (unpaired) electrons. The highest BCUT2D eigenvalue weighted by atomic mass is 35.5. The van der Waals surface area contributed by atoms with E-state index in [9.17, 15) is 9.18 Å². The third-order valence-electron chi connectivity index (χ3n) is 2.39. The van der Waals surface area contributed by atoms with Crippen LogP contribution in [0.3, 0.4) is 0 Å². The summed E-state index contributed by atoms with van der Waals surface area (Å²) in [4.78, 5) is 10.7. The van der Waals surface area contributed by atoms with Crippen LogP contribution in [0.25, 0.3) is 11.3 Å². The van der Waals surface area contributed by atoms with E-state index < -0.39 is 11.8 Å². The summed E-state index contributed by atoms with van der Waals surface area (Å²) in [6, 6.07) is 4.03. The molecule has 0 aliphatic rings. The van der Waals surface area contributed by atoms with E-state index in [0.717, 1.165) is 6.07 Å². The fourth-order valence-electron chi connectivity index (χ4n) is 1.58. The second-order valence-electron chi connectivity index (χ2n) is 3.75. The van der Waals surface area contributed by atoms with Crippen molar-refractivity contribution in [2.24, 2.45) is 0 Å². The first kappa shape index (κ1) is 13.5. The molecular weight excluding hydrogens is 277 g/mol. The maximum Gasteiger partial charge on any atom is 0.358 e. The standard InChI is InChI=1S/C12H9ClFNO4/c1-18-5-6-2-7(11(14)8(13)3-6)10-4-9(12(16)17)15-19-10/h2-4H,5H2,1H3,(H,16,17). The lowest BCUT2D eigenvalue weighted by Gasteiger charge is -2.05. The Kier molecular flexibility index (Phi) is 3.82. The van der Waals surface area contributed by atoms with E-state index in [-0.39, 0.29) is 28.6 Å². The number of hydrogen-bond acceptors (Lipinski definition) is 4. The van der Waals surface area contributed by atoms with E-state index in [1.165, 1.54) is 19.2 Å². The normalized spacial score (nSPS) is 10.7. The lowest BCUT2D eigenvalue weighted by molar-refractivity contribution is 0.0686. The minimum atomic E-state index is -1.26. The van der Waals surface area contributed by atoms with Crippen molar-refractivity contribution in [3.8, 4) is 11.3 Å². The van der Waals surface area contributed by atoms with Crippen LogP contribution in [0, 0.1) is 5.82 Å². The molecule has 19 heavy (non-hydrogen) atoms. The molecule has 0 atom stereocenters. The molecule has 0 spiro atoms. The molecule has 5 nitrogen and oxygen atoms in total. The van der Waals surface area contributed by atoms with Crippen molar-refractivity contribution in [1.82, 2.24) is 5.16 Å². The number of ether oxygens (including phenoxy) is 1. The predicted octanol–water partition coefficient (Wildman–Crippen LogP) is 2.98. The van der Waals surface area contributed by atoms with Crippen LogP contribution in [-0.2, 0) is 11.3 Å². The lowest BCUT2D eigenvalue weighted by Crippen LogP contribution is -1.95. The largest absolute Gasteiger partial charge is 0.476 e. The summed E-state index contributed by atoms with van der Waals surface area (Å²) in [5.41, 5.74) is 0.374. The molecule has 1 aromatic carbocycles. The zero-order valence-electron chi connectivity index (χ0n) is 9.81. The van der Waals surface area contributed by atoms with Crippen LogP contribution in [-0.4, -0.2) is 23.3 Å². The number of carboxylic acid groups (broad SMARTS) is 1. The summed E-state index contributed by atoms with van der Waals surface area (Å²) >= 11 is 5.77. The van der Waals surface area contributed by atoms with Crippen LogP contribution in [0.4, 0.5) is 4.39 Å². The molecule has 0 fully saturated rings. The highest BCUT2D eigenvalue weighted by molar-refractivity contribution is 6.31. The van der Waals surface area contributed by atoms with Gasteiger partial charge in [-0.3, -0.25) is 0 Å². The van der Waals surface area contributed by atoms with Crippen LogP contribution >= 0.6 is 11.6 Å². The first-order valence-electron chi connectivity index (χ1n) is 5.20. The Morgan fingerprint density at radius 1 is 1.53 bits per heavy atom. The fraction of sp³-hybridized carbons (Fsp3) is 0.167. The summed E-state index contributed by atoms with van der Waals surface area (Å²) < 4.78 is 23.7. The Morgan fingerprint density at radius 2 is 2.26 bits per heavy atom. The average Bonchev–Trinajstić information content (AvgIpc) is 2.83. The number of aromatic nitrogens is 1. The molecule has 100 valence electrons. The van der Waals surface area contributed by atoms with E-state index in [4.69, 9.17) is 26.0 Å². The Hall–Kier alpha value is -1.92. The van der Waals surface area contributed by atoms with E-state index >= 15 is 0 Å². The predicted molar refractivity (Wildman–Crippen MR) is 64.6 cm³/mol. The van der Waals surface area contributed by atoms with Gasteiger partial charge in [-0.2, -0.15) is 0 Å². The Morgan fingerprint density at radius 3 is 2.84 bits per heavy atom. The van der Waals surface area contributed by atoms with Crippen LogP contribution in [0.1, 0.15) is 16.1 Å². The minimum absolute atomic E-state index is 0.00486. The third kappa shape index (κ3) is 2.74. The number of nitrogens with zero attached hydrogens (tertiary/aromatic N) is 1. The van der Waals surface area contributed by atoms with Gasteiger partial charge in [0.25, 0.3) is 0 Å². The number of aromatic carboxylic acids is 1. The van der Waals surface area contributed by atoms with Gasteiger partial charge in [-0.1, -0.05) is 16.8 Å². The van der Waals surface area contributed by atoms with Gasteiger partial charge >= 0.3 is 5.97 Å². The highest BCUT2D eigenvalue weighted by Gasteiger charge is 2.18. The zero-order chi connectivity index (χ0) is 14.0. The quantitative estimate of drug-likeness (QED) is 0.935. The first-order valence-corrected chi connectivity index (χ1v) is 5.58. The SMILES string of the molecule is COCc1cc(Cl)c(F)c(-c2cc(C(=O)O)no2)c1. The molecule has 0 unspecified atom stereocenters. The topological polar surface area (TPSA) is 72.6 Å². The van der Waals surface area contributed by atoms with E-state index in [1.54, 1.807) is 0 Å². The fourth-order valence-corrected chi connectivity index (χ4v) is 1.82. The van der Waals surface area contributed by atoms with Gasteiger partial charge in [-0.05, 0) is 17.7 Å². The number of halogens is 2. The number of carbonyl (C=O) groups is 1. The van der Waals surface area contributed by atoms with E-state index in [2.05, 4.69) is 5.16 Å². The molecule has 1 N–H and O–H groups in total. The molecule has 1 aromatic heterocycles. The minimum Gasteiger partial charge on any atom is -0.476 e. The van der Waals surface area contributed by atoms with Crippen LogP contribution < -0.4 is 0 Å². The molecular formula is C12H9ClFNO4. The van der Waals surface area contributed by atoms with Gasteiger partial charge in [0.1, 0.15) is 0 Å². The summed E-state index contributed by atoms with van der Waals surface area (Å²) in [6.07, 6.45) is 0. The van der Waals surface area contributed by atoms with Gasteiger partial charge in [0.05, 0.1) is 17.2 Å². The van der Waals surface area contributed by atoms with Crippen molar-refractivity contribution in [2.45, 2.75) is 6.61 Å². The summed E-state index contributed by atoms with van der Waals surface area (Å²) in [5.74, 6) is -1.96. The van der Waals surface area contributed by atoms with Crippen LogP contribution in [0.5, 0.6) is 0 Å². The molecule has 0 aliphatic carbocycles. The number of carboxylic acids is 1. The number of hydrogen-bond donors (Lipinski definition) is 1. The smallest absolute Gasteiger partial charge is 0.358 e. The second-order valence-corrected chi connectivity index (χ2v) is 4.16. The Labute approximate surface area is 112 Å². The molecule has 0 saturated carbocycles. The molecule has 1 heterocycles. The van der Waals surface area contributed by atoms with E-state index in [1.807, 2.05) is 0 Å². The summed E-state index contributed by atoms with van der Waals surface area (Å²) in [7, 11) is 1.49. The maximum absolute atomic E-state index is 13.9. The zero-order valence-corrected chi connectivity index (χ0v) is 10.6. The number of benzene rings is 1. The van der Waals surface area contributed by atoms with E-state index in [0.29, 0.717) is 5.56 Å². The van der Waals surface area contributed by atoms with Gasteiger partial charge in [-0.25, -0.2) is 9.18 Å². The summed E-state index contributed by atoms with van der Waals surface area (Å²) in [6.45, 7) is 0.243. The molecule has 2 rings (SSSR count). The average molecular weight is 286 g/mol. The van der Waals surface area contributed by atoms with Crippen molar-refractivity contribution < 1.29 is 23.6 Å². The van der Waals surface area contributed by atoms with Crippen molar-refractivity contribution in [3.05, 3.63) is 40.3 Å². The number of methoxy groups -OCH3 is 1. The maximum atomic E-state index is 13.9. The van der Waals surface area contributed by atoms with Crippen molar-refractivity contribution in [1.29, 1.82) is 0 Å². The second kappa shape index (κ2) is 5.38. The molecule has 7 heteroatoms. The molecule has 2 aromatic rings. The van der Waals surface area contributed by atoms with Crippen LogP contribution in [0.15, 0.2) is 22.7 Å². The van der Waals surface area contributed by atoms with Gasteiger partial charge < -0.3 is 14.4 Å². The van der Waals surface area contributed by atoms with Gasteiger partial charge in [0.2, 0.25) is 0 Å². The highest BCUT2D eigenvalue weighted by Crippen LogP contribution is 2.30. The lowest BCUT2D eigenvalue weighted by atomic mass is 10.1. The molecule has 0 saturated heterocycles. The summed E-state index contributed by atoms with van der Waals surface area (Å²) in [5, 5.41) is 12.0. The Bertz CT molecular complexity index is 626.